The van der Waals surface area contributed by atoms with E-state index in [2.05, 4.69) is 26.9 Å². The number of carbonyl (C=O) groups excluding carboxylic acids is 1. The number of thioether (sulfide) groups is 1. The molecule has 0 aliphatic carbocycles. The number of hydrogen-bond acceptors (Lipinski definition) is 5. The molecule has 1 aromatic heterocycles. The van der Waals surface area contributed by atoms with Gasteiger partial charge in [-0.05, 0) is 81.5 Å². The molecule has 0 spiro atoms. The first kappa shape index (κ1) is 22.0. The van der Waals surface area contributed by atoms with E-state index in [1.54, 1.807) is 0 Å². The predicted molar refractivity (Wildman–Crippen MR) is 133 cm³/mol. The number of nitrogens with one attached hydrogen (secondary N) is 3. The lowest BCUT2D eigenvalue weighted by Crippen LogP contribution is -2.44. The first-order valence-electron chi connectivity index (χ1n) is 11.8. The number of amides is 1. The molecule has 172 valence electrons. The summed E-state index contributed by atoms with van der Waals surface area (Å²) in [4.78, 5) is 15.1. The summed E-state index contributed by atoms with van der Waals surface area (Å²) in [6, 6.07) is 16.2. The smallest absolute Gasteiger partial charge is 0.258 e. The fraction of sp³-hybridized carbons (Fsp3) is 0.385. The quantitative estimate of drug-likeness (QED) is 0.400. The SMILES string of the molecule is O=C(NC(CCCCOc1ccccc1)C1CCNCC1)C1=Cc2n[nH]c3cccc(c23)S1. The molecule has 33 heavy (non-hydrogen) atoms. The summed E-state index contributed by atoms with van der Waals surface area (Å²) in [6.07, 6.45) is 7.08. The highest BCUT2D eigenvalue weighted by molar-refractivity contribution is 8.04. The van der Waals surface area contributed by atoms with Crippen molar-refractivity contribution >= 4 is 34.6 Å². The highest BCUT2D eigenvalue weighted by atomic mass is 32.2. The van der Waals surface area contributed by atoms with Crippen LogP contribution in [-0.2, 0) is 4.79 Å². The number of ether oxygens (including phenoxy) is 1. The third kappa shape index (κ3) is 5.25. The largest absolute Gasteiger partial charge is 0.494 e. The summed E-state index contributed by atoms with van der Waals surface area (Å²) in [6.45, 7) is 2.73. The standard InChI is InChI=1S/C26H30N4O2S/c31-26(24-17-22-25-21(29-30-22)10-6-11-23(25)33-24)28-20(18-12-14-27-15-13-18)9-4-5-16-32-19-7-2-1-3-8-19/h1-3,6-8,10-11,17-18,20,27H,4-5,9,12-16H2,(H,28,31)(H,29,30). The number of hydrogen-bond donors (Lipinski definition) is 3. The molecule has 2 aliphatic heterocycles. The lowest BCUT2D eigenvalue weighted by molar-refractivity contribution is -0.117. The number of unbranched alkanes of at least 4 members (excludes halogenated alkanes) is 1. The first-order valence-corrected chi connectivity index (χ1v) is 12.7. The highest BCUT2D eigenvalue weighted by Crippen LogP contribution is 2.40. The number of carbonyl (C=O) groups is 1. The Labute approximate surface area is 198 Å². The fourth-order valence-corrected chi connectivity index (χ4v) is 5.75. The molecule has 0 bridgehead atoms. The molecule has 0 radical (unpaired) electrons. The Morgan fingerprint density at radius 3 is 2.82 bits per heavy atom. The van der Waals surface area contributed by atoms with Crippen LogP contribution >= 0.6 is 11.8 Å². The number of rotatable bonds is 9. The van der Waals surface area contributed by atoms with Gasteiger partial charge in [-0.15, -0.1) is 0 Å². The molecule has 6 nitrogen and oxygen atoms in total. The zero-order valence-corrected chi connectivity index (χ0v) is 19.5. The van der Waals surface area contributed by atoms with E-state index >= 15 is 0 Å². The molecular formula is C26H30N4O2S. The van der Waals surface area contributed by atoms with Crippen LogP contribution in [0.3, 0.4) is 0 Å². The van der Waals surface area contributed by atoms with E-state index in [1.165, 1.54) is 11.8 Å². The summed E-state index contributed by atoms with van der Waals surface area (Å²) in [7, 11) is 0. The van der Waals surface area contributed by atoms with Gasteiger partial charge in [0, 0.05) is 16.3 Å². The lowest BCUT2D eigenvalue weighted by atomic mass is 9.87. The van der Waals surface area contributed by atoms with Crippen molar-refractivity contribution < 1.29 is 9.53 Å². The van der Waals surface area contributed by atoms with E-state index in [0.29, 0.717) is 17.4 Å². The van der Waals surface area contributed by atoms with Gasteiger partial charge in [0.1, 0.15) is 5.75 Å². The molecule has 1 fully saturated rings. The topological polar surface area (TPSA) is 79.0 Å². The van der Waals surface area contributed by atoms with Crippen molar-refractivity contribution in [2.45, 2.75) is 43.0 Å². The van der Waals surface area contributed by atoms with Crippen molar-refractivity contribution in [2.24, 2.45) is 5.92 Å². The van der Waals surface area contributed by atoms with Gasteiger partial charge >= 0.3 is 0 Å². The molecule has 5 rings (SSSR count). The highest BCUT2D eigenvalue weighted by Gasteiger charge is 2.27. The minimum absolute atomic E-state index is 0.00900. The number of para-hydroxylation sites is 1. The van der Waals surface area contributed by atoms with Gasteiger partial charge in [-0.3, -0.25) is 9.89 Å². The van der Waals surface area contributed by atoms with E-state index < -0.39 is 0 Å². The molecule has 2 aliphatic rings. The van der Waals surface area contributed by atoms with E-state index in [1.807, 2.05) is 48.5 Å². The van der Waals surface area contributed by atoms with Gasteiger partial charge in [-0.1, -0.05) is 36.0 Å². The molecule has 1 atom stereocenters. The second-order valence-corrected chi connectivity index (χ2v) is 9.81. The molecule has 1 saturated heterocycles. The lowest BCUT2D eigenvalue weighted by Gasteiger charge is -2.32. The van der Waals surface area contributed by atoms with E-state index in [-0.39, 0.29) is 11.9 Å². The van der Waals surface area contributed by atoms with Crippen molar-refractivity contribution in [3.8, 4) is 5.75 Å². The minimum Gasteiger partial charge on any atom is -0.494 e. The number of aromatic amines is 1. The van der Waals surface area contributed by atoms with Crippen LogP contribution in [0.25, 0.3) is 17.0 Å². The molecule has 3 heterocycles. The van der Waals surface area contributed by atoms with Crippen LogP contribution in [0.15, 0.2) is 58.3 Å². The second-order valence-electron chi connectivity index (χ2n) is 8.72. The van der Waals surface area contributed by atoms with Gasteiger partial charge < -0.3 is 15.4 Å². The van der Waals surface area contributed by atoms with Crippen molar-refractivity contribution in [1.82, 2.24) is 20.8 Å². The Bertz CT molecular complexity index is 1120. The van der Waals surface area contributed by atoms with E-state index in [0.717, 1.165) is 72.4 Å². The minimum atomic E-state index is 0.00900. The Kier molecular flexibility index (Phi) is 6.98. The summed E-state index contributed by atoms with van der Waals surface area (Å²) in [5.74, 6) is 1.42. The third-order valence-electron chi connectivity index (χ3n) is 6.48. The van der Waals surface area contributed by atoms with Crippen molar-refractivity contribution in [2.75, 3.05) is 19.7 Å². The van der Waals surface area contributed by atoms with Gasteiger partial charge in [-0.25, -0.2) is 0 Å². The monoisotopic (exact) mass is 462 g/mol. The normalized spacial score (nSPS) is 16.9. The van der Waals surface area contributed by atoms with Crippen LogP contribution in [0.1, 0.15) is 37.8 Å². The zero-order valence-electron chi connectivity index (χ0n) is 18.7. The van der Waals surface area contributed by atoms with Crippen molar-refractivity contribution in [3.05, 3.63) is 59.1 Å². The van der Waals surface area contributed by atoms with Crippen LogP contribution in [0.5, 0.6) is 5.75 Å². The number of nitrogens with zero attached hydrogens (tertiary/aromatic N) is 1. The van der Waals surface area contributed by atoms with Crippen LogP contribution in [-0.4, -0.2) is 41.8 Å². The van der Waals surface area contributed by atoms with Crippen LogP contribution in [0.4, 0.5) is 0 Å². The molecular weight excluding hydrogens is 432 g/mol. The van der Waals surface area contributed by atoms with Crippen LogP contribution < -0.4 is 15.4 Å². The molecule has 7 heteroatoms. The number of piperidine rings is 1. The second kappa shape index (κ2) is 10.4. The number of benzene rings is 2. The van der Waals surface area contributed by atoms with Crippen molar-refractivity contribution in [3.63, 3.8) is 0 Å². The van der Waals surface area contributed by atoms with E-state index in [4.69, 9.17) is 4.74 Å². The van der Waals surface area contributed by atoms with Gasteiger partial charge in [-0.2, -0.15) is 5.10 Å². The van der Waals surface area contributed by atoms with Gasteiger partial charge in [0.05, 0.1) is 22.7 Å². The fourth-order valence-electron chi connectivity index (χ4n) is 4.72. The van der Waals surface area contributed by atoms with Gasteiger partial charge in [0.25, 0.3) is 5.91 Å². The zero-order chi connectivity index (χ0) is 22.5. The summed E-state index contributed by atoms with van der Waals surface area (Å²) in [5, 5.41) is 15.4. The maximum absolute atomic E-state index is 13.3. The molecule has 2 aromatic carbocycles. The Balaban J connectivity index is 1.20. The predicted octanol–water partition coefficient (Wildman–Crippen LogP) is 4.74. The van der Waals surface area contributed by atoms with Gasteiger partial charge in [0.15, 0.2) is 0 Å². The Hall–Kier alpha value is -2.77. The maximum Gasteiger partial charge on any atom is 0.258 e. The molecule has 1 unspecified atom stereocenters. The number of H-pyrrole nitrogens is 1. The average molecular weight is 463 g/mol. The van der Waals surface area contributed by atoms with Crippen LogP contribution in [0.2, 0.25) is 0 Å². The summed E-state index contributed by atoms with van der Waals surface area (Å²) < 4.78 is 5.84. The molecule has 3 N–H and O–H groups in total. The summed E-state index contributed by atoms with van der Waals surface area (Å²) in [5.41, 5.74) is 1.86. The molecule has 1 amide bonds. The summed E-state index contributed by atoms with van der Waals surface area (Å²) >= 11 is 1.54. The molecule has 3 aromatic rings. The van der Waals surface area contributed by atoms with Gasteiger partial charge in [0.2, 0.25) is 0 Å². The van der Waals surface area contributed by atoms with Crippen molar-refractivity contribution in [1.29, 1.82) is 0 Å². The number of aromatic nitrogens is 2. The van der Waals surface area contributed by atoms with Crippen LogP contribution in [0, 0.1) is 5.92 Å². The first-order chi connectivity index (χ1) is 16.3. The average Bonchev–Trinajstić information content (AvgIpc) is 3.28. The Morgan fingerprint density at radius 1 is 1.12 bits per heavy atom. The maximum atomic E-state index is 13.3. The van der Waals surface area contributed by atoms with E-state index in [9.17, 15) is 4.79 Å². The third-order valence-corrected chi connectivity index (χ3v) is 7.56. The Morgan fingerprint density at radius 2 is 1.97 bits per heavy atom. The molecule has 0 saturated carbocycles.